The number of fused-ring (bicyclic) bond motifs is 3. The van der Waals surface area contributed by atoms with Crippen molar-refractivity contribution in [1.82, 2.24) is 14.9 Å². The molecule has 244 valence electrons. The lowest BCUT2D eigenvalue weighted by molar-refractivity contribution is 0.113. The Morgan fingerprint density at radius 1 is 1.02 bits per heavy atom. The minimum Gasteiger partial charge on any atom is -0.398 e. The molecule has 0 amide bonds. The van der Waals surface area contributed by atoms with Crippen LogP contribution in [0.1, 0.15) is 138 Å². The summed E-state index contributed by atoms with van der Waals surface area (Å²) in [7, 11) is 0. The van der Waals surface area contributed by atoms with E-state index in [1.54, 1.807) is 0 Å². The maximum atomic E-state index is 12.8. The van der Waals surface area contributed by atoms with Crippen molar-refractivity contribution in [1.29, 1.82) is 5.26 Å². The van der Waals surface area contributed by atoms with Crippen LogP contribution in [0.2, 0.25) is 0 Å². The van der Waals surface area contributed by atoms with Crippen LogP contribution in [0.5, 0.6) is 0 Å². The first-order valence-corrected chi connectivity index (χ1v) is 18.0. The monoisotopic (exact) mass is 614 g/mol. The molecule has 2 aromatic rings. The number of benzene rings is 1. The van der Waals surface area contributed by atoms with E-state index in [-0.39, 0.29) is 5.54 Å². The molecular weight excluding hydrogens is 559 g/mol. The zero-order valence-corrected chi connectivity index (χ0v) is 28.3. The van der Waals surface area contributed by atoms with E-state index in [1.807, 2.05) is 6.07 Å². The second-order valence-corrected chi connectivity index (χ2v) is 15.5. The molecule has 2 aliphatic carbocycles. The number of alkyl halides is 1. The molecule has 7 rings (SSSR count). The molecule has 1 spiro atoms. The summed E-state index contributed by atoms with van der Waals surface area (Å²) in [6, 6.07) is 6.50. The van der Waals surface area contributed by atoms with E-state index in [1.165, 1.54) is 74.7 Å². The largest absolute Gasteiger partial charge is 0.398 e. The van der Waals surface area contributed by atoms with Gasteiger partial charge in [0.05, 0.1) is 11.3 Å². The number of nitrogen functional groups attached to an aromatic ring is 1. The summed E-state index contributed by atoms with van der Waals surface area (Å²) in [5.74, 6) is 3.38. The van der Waals surface area contributed by atoms with Gasteiger partial charge in [-0.1, -0.05) is 52.5 Å². The van der Waals surface area contributed by atoms with Gasteiger partial charge < -0.3 is 10.6 Å². The summed E-state index contributed by atoms with van der Waals surface area (Å²) in [4.78, 5) is 15.1. The highest BCUT2D eigenvalue weighted by Gasteiger charge is 2.46. The first kappa shape index (κ1) is 32.2. The van der Waals surface area contributed by atoms with Gasteiger partial charge in [0.2, 0.25) is 0 Å². The van der Waals surface area contributed by atoms with E-state index in [2.05, 4.69) is 49.6 Å². The Balaban J connectivity index is 0.000000301. The van der Waals surface area contributed by atoms with Crippen molar-refractivity contribution in [2.45, 2.75) is 135 Å². The number of anilines is 2. The molecule has 3 atom stereocenters. The van der Waals surface area contributed by atoms with E-state index in [4.69, 9.17) is 15.7 Å². The molecule has 3 saturated heterocycles. The number of rotatable bonds is 2. The Bertz CT molecular complexity index is 1400. The van der Waals surface area contributed by atoms with Gasteiger partial charge in [-0.3, -0.25) is 4.90 Å². The van der Waals surface area contributed by atoms with Crippen molar-refractivity contribution in [3.63, 3.8) is 0 Å². The first-order valence-electron chi connectivity index (χ1n) is 18.0. The van der Waals surface area contributed by atoms with Gasteiger partial charge in [0.25, 0.3) is 0 Å². The van der Waals surface area contributed by atoms with Crippen LogP contribution >= 0.6 is 0 Å². The predicted molar refractivity (Wildman–Crippen MR) is 181 cm³/mol. The quantitative estimate of drug-likeness (QED) is 0.346. The molecule has 0 bridgehead atoms. The third kappa shape index (κ3) is 6.59. The lowest BCUT2D eigenvalue weighted by Gasteiger charge is -2.54. The van der Waals surface area contributed by atoms with Crippen LogP contribution in [0.3, 0.4) is 0 Å². The molecule has 2 N–H and O–H groups in total. The molecule has 1 aromatic carbocycles. The number of nitrogens with two attached hydrogens (primary N) is 1. The molecular formula is C38H55FN6. The summed E-state index contributed by atoms with van der Waals surface area (Å²) < 4.78 is 12.8. The minimum atomic E-state index is -0.551. The van der Waals surface area contributed by atoms with Crippen molar-refractivity contribution in [3.8, 4) is 6.07 Å². The standard InChI is InChI=1S/C30H41N5.C8H14FN/c1-4-28-33-27-16-24-22(10-11-26(32)25(24)17-31)21(3)8-6-5-7-9-23(27)29(34-28)35-18-30(19-35)14-12-20(2)13-15-30;1-8-3-2-4-10(8)6-7(9)5-8/h10-11,20-21H,4-9,12-16,18-19,32H2,1-3H3;7H,2-6H2,1H3. The fraction of sp³-hybridized carbons (Fsp3) is 0.711. The number of halogens is 1. The lowest BCUT2D eigenvalue weighted by atomic mass is 9.66. The summed E-state index contributed by atoms with van der Waals surface area (Å²) >= 11 is 0. The lowest BCUT2D eigenvalue weighted by Crippen LogP contribution is -2.58. The Kier molecular flexibility index (Phi) is 9.44. The van der Waals surface area contributed by atoms with Gasteiger partial charge in [0.1, 0.15) is 23.9 Å². The smallest absolute Gasteiger partial charge is 0.135 e. The molecule has 7 heteroatoms. The fourth-order valence-corrected chi connectivity index (χ4v) is 9.11. The first-order chi connectivity index (χ1) is 21.6. The van der Waals surface area contributed by atoms with E-state index in [0.717, 1.165) is 68.3 Å². The maximum absolute atomic E-state index is 12.8. The Morgan fingerprint density at radius 2 is 1.80 bits per heavy atom. The average molecular weight is 615 g/mol. The Morgan fingerprint density at radius 3 is 2.51 bits per heavy atom. The van der Waals surface area contributed by atoms with Crippen LogP contribution in [-0.2, 0) is 19.3 Å². The van der Waals surface area contributed by atoms with Crippen molar-refractivity contribution in [2.75, 3.05) is 36.8 Å². The average Bonchev–Trinajstić information content (AvgIpc) is 3.48. The number of nitriles is 1. The van der Waals surface area contributed by atoms with Gasteiger partial charge in [-0.25, -0.2) is 14.4 Å². The van der Waals surface area contributed by atoms with Crippen LogP contribution < -0.4 is 10.6 Å². The molecule has 3 unspecified atom stereocenters. The van der Waals surface area contributed by atoms with Crippen LogP contribution in [0, 0.1) is 22.7 Å². The van der Waals surface area contributed by atoms with Gasteiger partial charge in [-0.2, -0.15) is 5.26 Å². The summed E-state index contributed by atoms with van der Waals surface area (Å²) in [5, 5.41) is 10.0. The zero-order chi connectivity index (χ0) is 31.8. The highest BCUT2D eigenvalue weighted by molar-refractivity contribution is 5.62. The number of hydrogen-bond donors (Lipinski definition) is 1. The van der Waals surface area contributed by atoms with Crippen LogP contribution in [0.15, 0.2) is 12.1 Å². The van der Waals surface area contributed by atoms with E-state index >= 15 is 0 Å². The number of nitrogens with zero attached hydrogens (tertiary/aromatic N) is 5. The third-order valence-corrected chi connectivity index (χ3v) is 12.0. The topological polar surface area (TPSA) is 82.1 Å². The minimum absolute atomic E-state index is 0.236. The molecule has 0 radical (unpaired) electrons. The van der Waals surface area contributed by atoms with E-state index in [0.29, 0.717) is 35.5 Å². The van der Waals surface area contributed by atoms with E-state index < -0.39 is 6.17 Å². The molecule has 4 fully saturated rings. The second-order valence-electron chi connectivity index (χ2n) is 15.5. The summed E-state index contributed by atoms with van der Waals surface area (Å²) in [6.45, 7) is 13.1. The third-order valence-electron chi connectivity index (χ3n) is 12.0. The van der Waals surface area contributed by atoms with Gasteiger partial charge in [-0.05, 0) is 93.9 Å². The normalized spacial score (nSPS) is 28.1. The molecule has 3 aliphatic heterocycles. The van der Waals surface area contributed by atoms with Crippen molar-refractivity contribution >= 4 is 11.5 Å². The van der Waals surface area contributed by atoms with Crippen LogP contribution in [0.25, 0.3) is 0 Å². The molecule has 1 saturated carbocycles. The van der Waals surface area contributed by atoms with Crippen LogP contribution in [0.4, 0.5) is 15.9 Å². The Labute approximate surface area is 271 Å². The van der Waals surface area contributed by atoms with Crippen LogP contribution in [-0.4, -0.2) is 52.8 Å². The van der Waals surface area contributed by atoms with Gasteiger partial charge in [-0.15, -0.1) is 0 Å². The van der Waals surface area contributed by atoms with Crippen molar-refractivity contribution in [3.05, 3.63) is 45.9 Å². The van der Waals surface area contributed by atoms with Gasteiger partial charge >= 0.3 is 0 Å². The zero-order valence-electron chi connectivity index (χ0n) is 28.3. The van der Waals surface area contributed by atoms with Gasteiger partial charge in [0.15, 0.2) is 0 Å². The van der Waals surface area contributed by atoms with Gasteiger partial charge in [0, 0.05) is 54.7 Å². The number of hydrogen-bond acceptors (Lipinski definition) is 6. The summed E-state index contributed by atoms with van der Waals surface area (Å²) in [6.07, 6.45) is 15.4. The summed E-state index contributed by atoms with van der Waals surface area (Å²) in [5.41, 5.74) is 13.0. The molecule has 5 aliphatic rings. The fourth-order valence-electron chi connectivity index (χ4n) is 9.11. The van der Waals surface area contributed by atoms with E-state index in [9.17, 15) is 9.65 Å². The second kappa shape index (κ2) is 13.2. The van der Waals surface area contributed by atoms with Crippen molar-refractivity contribution < 1.29 is 4.39 Å². The maximum Gasteiger partial charge on any atom is 0.135 e. The number of aromatic nitrogens is 2. The molecule has 45 heavy (non-hydrogen) atoms. The Hall–Kier alpha value is -2.72. The number of aryl methyl sites for hydroxylation is 1. The van der Waals surface area contributed by atoms with Crippen molar-refractivity contribution in [2.24, 2.45) is 11.3 Å². The highest BCUT2D eigenvalue weighted by atomic mass is 19.1. The molecule has 1 aromatic heterocycles. The predicted octanol–water partition coefficient (Wildman–Crippen LogP) is 7.90. The SMILES string of the molecule is CC12CCCN1CC(F)C2.CCc1nc2c(c(N3CC4(CCC(C)CC4)C3)n1)CCCCCC(C)c1ccc(N)c(C#N)c1C2. The highest BCUT2D eigenvalue weighted by Crippen LogP contribution is 2.48. The molecule has 6 nitrogen and oxygen atoms in total. The molecule has 4 heterocycles.